The van der Waals surface area contributed by atoms with Gasteiger partial charge in [-0.1, -0.05) is 27.5 Å². The van der Waals surface area contributed by atoms with Gasteiger partial charge in [0, 0.05) is 22.0 Å². The van der Waals surface area contributed by atoms with Gasteiger partial charge >= 0.3 is 0 Å². The van der Waals surface area contributed by atoms with Gasteiger partial charge in [0.25, 0.3) is 0 Å². The van der Waals surface area contributed by atoms with Crippen LogP contribution in [0.3, 0.4) is 0 Å². The summed E-state index contributed by atoms with van der Waals surface area (Å²) in [5, 5.41) is 0.677. The molecule has 0 unspecified atom stereocenters. The van der Waals surface area contributed by atoms with Crippen LogP contribution in [0.4, 0.5) is 5.82 Å². The van der Waals surface area contributed by atoms with Gasteiger partial charge in [-0.3, -0.25) is 0 Å². The molecule has 1 fully saturated rings. The Labute approximate surface area is 132 Å². The van der Waals surface area contributed by atoms with Crippen LogP contribution in [-0.2, 0) is 0 Å². The van der Waals surface area contributed by atoms with Crippen molar-refractivity contribution >= 4 is 33.3 Å². The van der Waals surface area contributed by atoms with E-state index in [0.717, 1.165) is 21.6 Å². The molecule has 0 aliphatic heterocycles. The van der Waals surface area contributed by atoms with Crippen molar-refractivity contribution in [2.24, 2.45) is 0 Å². The van der Waals surface area contributed by atoms with Crippen molar-refractivity contribution in [3.05, 3.63) is 33.5 Å². The van der Waals surface area contributed by atoms with Gasteiger partial charge in [-0.25, -0.2) is 4.98 Å². The maximum absolute atomic E-state index is 6.35. The number of nitrogens with two attached hydrogens (primary N) is 1. The Bertz CT molecular complexity index is 659. The molecule has 20 heavy (non-hydrogen) atoms. The summed E-state index contributed by atoms with van der Waals surface area (Å²) in [4.78, 5) is 4.80. The maximum Gasteiger partial charge on any atom is 0.132 e. The fourth-order valence-corrected chi connectivity index (χ4v) is 3.08. The number of nitrogen functional groups attached to an aromatic ring is 1. The Balaban J connectivity index is 2.19. The average molecular weight is 355 g/mol. The maximum atomic E-state index is 6.35. The largest absolute Gasteiger partial charge is 0.383 e. The highest BCUT2D eigenvalue weighted by Crippen LogP contribution is 2.44. The molecule has 1 aliphatic rings. The van der Waals surface area contributed by atoms with Crippen molar-refractivity contribution in [1.82, 2.24) is 9.55 Å². The third-order valence-electron chi connectivity index (χ3n) is 3.62. The zero-order valence-electron chi connectivity index (χ0n) is 11.5. The first-order valence-corrected chi connectivity index (χ1v) is 7.99. The normalized spacial score (nSPS) is 15.1. The lowest BCUT2D eigenvalue weighted by atomic mass is 10.1. The number of hydrogen-bond acceptors (Lipinski definition) is 2. The molecule has 3 rings (SSSR count). The Hall–Kier alpha value is -1.00. The molecule has 106 valence electrons. The summed E-state index contributed by atoms with van der Waals surface area (Å²) in [5.41, 5.74) is 8.03. The van der Waals surface area contributed by atoms with Crippen molar-refractivity contribution in [2.75, 3.05) is 5.73 Å². The first-order valence-electron chi connectivity index (χ1n) is 6.82. The van der Waals surface area contributed by atoms with Crippen LogP contribution >= 0.6 is 27.5 Å². The number of anilines is 1. The summed E-state index contributed by atoms with van der Waals surface area (Å²) in [6, 6.07) is 6.06. The fraction of sp³-hybridized carbons (Fsp3) is 0.400. The molecule has 1 aliphatic carbocycles. The summed E-state index contributed by atoms with van der Waals surface area (Å²) in [7, 11) is 0. The molecule has 2 aromatic rings. The quantitative estimate of drug-likeness (QED) is 0.842. The number of aromatic nitrogens is 2. The van der Waals surface area contributed by atoms with E-state index in [1.54, 1.807) is 0 Å². The summed E-state index contributed by atoms with van der Waals surface area (Å²) in [5.74, 6) is 2.37. The van der Waals surface area contributed by atoms with Crippen LogP contribution < -0.4 is 5.73 Å². The van der Waals surface area contributed by atoms with Gasteiger partial charge in [0.1, 0.15) is 17.3 Å². The van der Waals surface area contributed by atoms with E-state index in [1.807, 2.05) is 18.2 Å². The van der Waals surface area contributed by atoms with Gasteiger partial charge in [-0.2, -0.15) is 0 Å². The topological polar surface area (TPSA) is 43.8 Å². The summed E-state index contributed by atoms with van der Waals surface area (Å²) in [6.07, 6.45) is 2.41. The van der Waals surface area contributed by atoms with Crippen LogP contribution in [0.15, 0.2) is 22.7 Å². The molecule has 1 heterocycles. The van der Waals surface area contributed by atoms with E-state index in [1.165, 1.54) is 12.8 Å². The second-order valence-electron chi connectivity index (χ2n) is 5.57. The van der Waals surface area contributed by atoms with E-state index in [4.69, 9.17) is 22.3 Å². The second-order valence-corrected chi connectivity index (χ2v) is 6.89. The van der Waals surface area contributed by atoms with E-state index < -0.39 is 0 Å². The van der Waals surface area contributed by atoms with Crippen LogP contribution in [0.1, 0.15) is 44.5 Å². The Morgan fingerprint density at radius 3 is 2.70 bits per heavy atom. The van der Waals surface area contributed by atoms with E-state index in [0.29, 0.717) is 22.8 Å². The minimum atomic E-state index is 0.303. The van der Waals surface area contributed by atoms with Gasteiger partial charge in [0.15, 0.2) is 0 Å². The number of imidazole rings is 1. The lowest BCUT2D eigenvalue weighted by Gasteiger charge is -2.13. The molecule has 0 amide bonds. The van der Waals surface area contributed by atoms with Gasteiger partial charge in [0.05, 0.1) is 5.02 Å². The summed E-state index contributed by atoms with van der Waals surface area (Å²) < 4.78 is 3.12. The van der Waals surface area contributed by atoms with Gasteiger partial charge in [-0.15, -0.1) is 0 Å². The number of halogens is 2. The molecule has 1 saturated carbocycles. The van der Waals surface area contributed by atoms with E-state index in [2.05, 4.69) is 34.3 Å². The predicted molar refractivity (Wildman–Crippen MR) is 87.1 cm³/mol. The zero-order valence-corrected chi connectivity index (χ0v) is 13.9. The first kappa shape index (κ1) is 14.0. The standard InChI is InChI=1S/C15H17BrClN3/c1-8(2)20-14(18)13(19-15(20)9-3-4-9)11-7-10(16)5-6-12(11)17/h5-9H,3-4,18H2,1-2H3. The van der Waals surface area contributed by atoms with Crippen LogP contribution in [0.2, 0.25) is 5.02 Å². The van der Waals surface area contributed by atoms with E-state index >= 15 is 0 Å². The average Bonchev–Trinajstić information content (AvgIpc) is 3.16. The van der Waals surface area contributed by atoms with Gasteiger partial charge in [-0.05, 0) is 44.9 Å². The van der Waals surface area contributed by atoms with Crippen molar-refractivity contribution in [2.45, 2.75) is 38.6 Å². The van der Waals surface area contributed by atoms with Crippen molar-refractivity contribution < 1.29 is 0 Å². The monoisotopic (exact) mass is 353 g/mol. The predicted octanol–water partition coefficient (Wildman–Crippen LogP) is 5.01. The molecule has 0 saturated heterocycles. The van der Waals surface area contributed by atoms with Crippen molar-refractivity contribution in [1.29, 1.82) is 0 Å². The molecule has 1 aromatic carbocycles. The molecular formula is C15H17BrClN3. The molecular weight excluding hydrogens is 338 g/mol. The highest BCUT2D eigenvalue weighted by atomic mass is 79.9. The fourth-order valence-electron chi connectivity index (χ4n) is 2.51. The third-order valence-corrected chi connectivity index (χ3v) is 4.44. The van der Waals surface area contributed by atoms with E-state index in [9.17, 15) is 0 Å². The third kappa shape index (κ3) is 2.35. The van der Waals surface area contributed by atoms with Crippen LogP contribution in [0, 0.1) is 0 Å². The highest BCUT2D eigenvalue weighted by Gasteiger charge is 2.32. The zero-order chi connectivity index (χ0) is 14.4. The van der Waals surface area contributed by atoms with Crippen LogP contribution in [0.25, 0.3) is 11.3 Å². The van der Waals surface area contributed by atoms with Gasteiger partial charge < -0.3 is 10.3 Å². The molecule has 3 nitrogen and oxygen atoms in total. The Kier molecular flexibility index (Phi) is 3.55. The lowest BCUT2D eigenvalue weighted by Crippen LogP contribution is -2.08. The van der Waals surface area contributed by atoms with Crippen LogP contribution in [0.5, 0.6) is 0 Å². The summed E-state index contributed by atoms with van der Waals surface area (Å²) >= 11 is 9.79. The summed E-state index contributed by atoms with van der Waals surface area (Å²) in [6.45, 7) is 4.27. The lowest BCUT2D eigenvalue weighted by molar-refractivity contribution is 0.576. The molecule has 2 N–H and O–H groups in total. The number of nitrogens with zero attached hydrogens (tertiary/aromatic N) is 2. The van der Waals surface area contributed by atoms with Crippen molar-refractivity contribution in [3.63, 3.8) is 0 Å². The Morgan fingerprint density at radius 2 is 2.10 bits per heavy atom. The van der Waals surface area contributed by atoms with Gasteiger partial charge in [0.2, 0.25) is 0 Å². The Morgan fingerprint density at radius 1 is 1.40 bits per heavy atom. The minimum absolute atomic E-state index is 0.303. The SMILES string of the molecule is CC(C)n1c(C2CC2)nc(-c2cc(Br)ccc2Cl)c1N. The van der Waals surface area contributed by atoms with E-state index in [-0.39, 0.29) is 0 Å². The highest BCUT2D eigenvalue weighted by molar-refractivity contribution is 9.10. The molecule has 1 aromatic heterocycles. The molecule has 0 atom stereocenters. The smallest absolute Gasteiger partial charge is 0.132 e. The number of rotatable bonds is 3. The first-order chi connectivity index (χ1) is 9.49. The number of benzene rings is 1. The molecule has 5 heteroatoms. The van der Waals surface area contributed by atoms with Crippen LogP contribution in [-0.4, -0.2) is 9.55 Å². The van der Waals surface area contributed by atoms with Crippen molar-refractivity contribution in [3.8, 4) is 11.3 Å². The number of hydrogen-bond donors (Lipinski definition) is 1. The minimum Gasteiger partial charge on any atom is -0.383 e. The molecule has 0 bridgehead atoms. The molecule has 0 spiro atoms. The molecule has 0 radical (unpaired) electrons. The second kappa shape index (κ2) is 5.08.